The normalized spacial score (nSPS) is 41.1. The average molecular weight is 261 g/mol. The molecule has 102 valence electrons. The van der Waals surface area contributed by atoms with Crippen molar-refractivity contribution >= 4 is 12.0 Å². The van der Waals surface area contributed by atoms with Gasteiger partial charge in [0.2, 0.25) is 6.10 Å². The summed E-state index contributed by atoms with van der Waals surface area (Å²) in [6.07, 6.45) is -6.43. The van der Waals surface area contributed by atoms with Crippen LogP contribution in [0.5, 0.6) is 0 Å². The van der Waals surface area contributed by atoms with E-state index in [9.17, 15) is 19.8 Å². The second-order valence-corrected chi connectivity index (χ2v) is 4.40. The van der Waals surface area contributed by atoms with Gasteiger partial charge >= 0.3 is 6.09 Å². The molecule has 0 aliphatic carbocycles. The molecule has 3 N–H and O–H groups in total. The molecule has 18 heavy (non-hydrogen) atoms. The molecule has 0 spiro atoms. The van der Waals surface area contributed by atoms with Crippen molar-refractivity contribution in [2.24, 2.45) is 0 Å². The summed E-state index contributed by atoms with van der Waals surface area (Å²) >= 11 is 0. The third-order valence-corrected chi connectivity index (χ3v) is 3.16. The molecule has 0 saturated carbocycles. The van der Waals surface area contributed by atoms with Gasteiger partial charge < -0.3 is 24.8 Å². The number of nitrogens with zero attached hydrogens (tertiary/aromatic N) is 1. The second-order valence-electron chi connectivity index (χ2n) is 4.40. The van der Waals surface area contributed by atoms with Crippen LogP contribution in [0.2, 0.25) is 0 Å². The van der Waals surface area contributed by atoms with E-state index in [2.05, 4.69) is 0 Å². The largest absolute Gasteiger partial charge is 0.433 e. The number of rotatable bonds is 2. The van der Waals surface area contributed by atoms with Gasteiger partial charge in [-0.25, -0.2) is 9.69 Å². The monoisotopic (exact) mass is 261 g/mol. The predicted molar refractivity (Wildman–Crippen MR) is 55.4 cm³/mol. The van der Waals surface area contributed by atoms with Crippen molar-refractivity contribution in [3.05, 3.63) is 0 Å². The molecule has 0 radical (unpaired) electrons. The second kappa shape index (κ2) is 4.81. The fourth-order valence-corrected chi connectivity index (χ4v) is 2.08. The summed E-state index contributed by atoms with van der Waals surface area (Å²) in [5.41, 5.74) is 0. The van der Waals surface area contributed by atoms with Gasteiger partial charge in [0.1, 0.15) is 12.2 Å². The topological polar surface area (TPSA) is 117 Å². The number of cyclic esters (lactones) is 1. The Labute approximate surface area is 103 Å². The van der Waals surface area contributed by atoms with E-state index >= 15 is 0 Å². The first-order valence-corrected chi connectivity index (χ1v) is 5.56. The Bertz CT molecular complexity index is 360. The van der Waals surface area contributed by atoms with Gasteiger partial charge in [0.25, 0.3) is 5.91 Å². The zero-order valence-corrected chi connectivity index (χ0v) is 9.72. The standard InChI is InChI=1S/C10H15NO7/c1-11-9(15)8(18-10(11)16)7-6(14)5(13)2-4(3-12)17-7/h4-8,12-14H,2-3H2,1H3. The minimum Gasteiger partial charge on any atom is -0.433 e. The summed E-state index contributed by atoms with van der Waals surface area (Å²) in [7, 11) is 1.25. The number of aliphatic hydroxyl groups excluding tert-OH is 3. The van der Waals surface area contributed by atoms with Gasteiger partial charge in [-0.05, 0) is 0 Å². The number of hydrogen-bond donors (Lipinski definition) is 3. The summed E-state index contributed by atoms with van der Waals surface area (Å²) in [5.74, 6) is -0.644. The number of carbonyl (C=O) groups excluding carboxylic acids is 2. The minimum atomic E-state index is -1.35. The van der Waals surface area contributed by atoms with Crippen LogP contribution in [0, 0.1) is 0 Å². The first-order valence-electron chi connectivity index (χ1n) is 5.56. The van der Waals surface area contributed by atoms with Crippen molar-refractivity contribution in [3.8, 4) is 0 Å². The summed E-state index contributed by atoms with van der Waals surface area (Å²) in [6.45, 7) is -0.356. The highest BCUT2D eigenvalue weighted by Crippen LogP contribution is 2.27. The number of likely N-dealkylation sites (N-methyl/N-ethyl adjacent to an activating group) is 1. The molecule has 2 aliphatic rings. The molecule has 5 unspecified atom stereocenters. The summed E-state index contributed by atoms with van der Waals surface area (Å²) in [6, 6.07) is 0. The molecule has 0 bridgehead atoms. The van der Waals surface area contributed by atoms with Gasteiger partial charge in [-0.2, -0.15) is 0 Å². The lowest BCUT2D eigenvalue weighted by atomic mass is 9.94. The molecule has 2 saturated heterocycles. The van der Waals surface area contributed by atoms with Crippen LogP contribution >= 0.6 is 0 Å². The molecule has 5 atom stereocenters. The Balaban J connectivity index is 2.16. The molecule has 2 rings (SSSR count). The quantitative estimate of drug-likeness (QED) is 0.518. The molecule has 2 amide bonds. The van der Waals surface area contributed by atoms with Gasteiger partial charge in [-0.3, -0.25) is 4.79 Å². The third-order valence-electron chi connectivity index (χ3n) is 3.16. The van der Waals surface area contributed by atoms with E-state index in [1.165, 1.54) is 7.05 Å². The maximum absolute atomic E-state index is 11.7. The fraction of sp³-hybridized carbons (Fsp3) is 0.800. The summed E-state index contributed by atoms with van der Waals surface area (Å²) in [4.78, 5) is 23.7. The fourth-order valence-electron chi connectivity index (χ4n) is 2.08. The Hall–Kier alpha value is -1.22. The lowest BCUT2D eigenvalue weighted by Gasteiger charge is -2.37. The predicted octanol–water partition coefficient (Wildman–Crippen LogP) is -2.16. The molecule has 2 aliphatic heterocycles. The zero-order valence-electron chi connectivity index (χ0n) is 9.72. The van der Waals surface area contributed by atoms with Crippen LogP contribution in [0.15, 0.2) is 0 Å². The Morgan fingerprint density at radius 3 is 2.56 bits per heavy atom. The van der Waals surface area contributed by atoms with Crippen molar-refractivity contribution in [1.82, 2.24) is 4.90 Å². The van der Waals surface area contributed by atoms with Crippen LogP contribution in [0.25, 0.3) is 0 Å². The van der Waals surface area contributed by atoms with E-state index in [-0.39, 0.29) is 13.0 Å². The van der Waals surface area contributed by atoms with Gasteiger partial charge in [0.05, 0.1) is 18.8 Å². The first kappa shape index (κ1) is 13.2. The van der Waals surface area contributed by atoms with E-state index in [4.69, 9.17) is 14.6 Å². The Kier molecular flexibility index (Phi) is 3.53. The lowest BCUT2D eigenvalue weighted by molar-refractivity contribution is -0.202. The van der Waals surface area contributed by atoms with E-state index < -0.39 is 42.5 Å². The highest BCUT2D eigenvalue weighted by molar-refractivity contribution is 6.00. The zero-order chi connectivity index (χ0) is 13.4. The average Bonchev–Trinajstić information content (AvgIpc) is 2.60. The lowest BCUT2D eigenvalue weighted by Crippen LogP contribution is -2.56. The van der Waals surface area contributed by atoms with Crippen molar-refractivity contribution in [2.75, 3.05) is 13.7 Å². The van der Waals surface area contributed by atoms with Crippen LogP contribution < -0.4 is 0 Å². The summed E-state index contributed by atoms with van der Waals surface area (Å²) < 4.78 is 10.1. The van der Waals surface area contributed by atoms with Gasteiger partial charge in [-0.1, -0.05) is 0 Å². The minimum absolute atomic E-state index is 0.0544. The Morgan fingerprint density at radius 1 is 1.39 bits per heavy atom. The van der Waals surface area contributed by atoms with Crippen LogP contribution in [-0.4, -0.2) is 76.4 Å². The van der Waals surface area contributed by atoms with Crippen LogP contribution in [-0.2, 0) is 14.3 Å². The molecule has 8 heteroatoms. The van der Waals surface area contributed by atoms with Crippen LogP contribution in [0.1, 0.15) is 6.42 Å². The number of ether oxygens (including phenoxy) is 2. The van der Waals surface area contributed by atoms with E-state index in [0.29, 0.717) is 0 Å². The molecule has 0 aromatic rings. The molecule has 8 nitrogen and oxygen atoms in total. The maximum Gasteiger partial charge on any atom is 0.417 e. The van der Waals surface area contributed by atoms with Gasteiger partial charge in [-0.15, -0.1) is 0 Å². The molecular weight excluding hydrogens is 246 g/mol. The molecule has 2 fully saturated rings. The van der Waals surface area contributed by atoms with E-state index in [1.807, 2.05) is 0 Å². The SMILES string of the molecule is CN1C(=O)OC(C2OC(CO)CC(O)C2O)C1=O. The van der Waals surface area contributed by atoms with Gasteiger partial charge in [0, 0.05) is 13.5 Å². The van der Waals surface area contributed by atoms with Crippen molar-refractivity contribution < 1.29 is 34.4 Å². The van der Waals surface area contributed by atoms with Crippen molar-refractivity contribution in [3.63, 3.8) is 0 Å². The third kappa shape index (κ3) is 2.07. The number of amides is 2. The number of aliphatic hydroxyl groups is 3. The first-order chi connectivity index (χ1) is 8.45. The van der Waals surface area contributed by atoms with Crippen LogP contribution in [0.3, 0.4) is 0 Å². The molecule has 0 aromatic carbocycles. The highest BCUT2D eigenvalue weighted by atomic mass is 16.6. The number of carbonyl (C=O) groups is 2. The highest BCUT2D eigenvalue weighted by Gasteiger charge is 2.50. The Morgan fingerprint density at radius 2 is 2.06 bits per heavy atom. The van der Waals surface area contributed by atoms with Crippen molar-refractivity contribution in [2.45, 2.75) is 36.9 Å². The van der Waals surface area contributed by atoms with Crippen LogP contribution in [0.4, 0.5) is 4.79 Å². The number of hydrogen-bond acceptors (Lipinski definition) is 7. The molecular formula is C10H15NO7. The molecule has 0 aromatic heterocycles. The van der Waals surface area contributed by atoms with Gasteiger partial charge in [0.15, 0.2) is 0 Å². The molecule has 2 heterocycles. The van der Waals surface area contributed by atoms with E-state index in [1.54, 1.807) is 0 Å². The number of imide groups is 1. The van der Waals surface area contributed by atoms with Crippen molar-refractivity contribution in [1.29, 1.82) is 0 Å². The summed E-state index contributed by atoms with van der Waals surface area (Å²) in [5, 5.41) is 28.4. The maximum atomic E-state index is 11.7. The van der Waals surface area contributed by atoms with E-state index in [0.717, 1.165) is 4.90 Å². The smallest absolute Gasteiger partial charge is 0.417 e.